The van der Waals surface area contributed by atoms with Crippen molar-refractivity contribution < 1.29 is 26.4 Å². The van der Waals surface area contributed by atoms with Crippen molar-refractivity contribution in [3.63, 3.8) is 0 Å². The first-order valence-electron chi connectivity index (χ1n) is 8.03. The summed E-state index contributed by atoms with van der Waals surface area (Å²) in [5.74, 6) is -0.436. The van der Waals surface area contributed by atoms with Gasteiger partial charge >= 0.3 is 6.18 Å². The monoisotopic (exact) mass is 394 g/mol. The van der Waals surface area contributed by atoms with Gasteiger partial charge in [0.05, 0.1) is 13.1 Å². The molecule has 0 spiro atoms. The molecule has 2 heterocycles. The fourth-order valence-electron chi connectivity index (χ4n) is 2.69. The van der Waals surface area contributed by atoms with Gasteiger partial charge in [0.15, 0.2) is 0 Å². The van der Waals surface area contributed by atoms with E-state index in [9.17, 15) is 26.4 Å². The molecule has 26 heavy (non-hydrogen) atoms. The van der Waals surface area contributed by atoms with Crippen molar-refractivity contribution in [2.45, 2.75) is 17.5 Å². The van der Waals surface area contributed by atoms with E-state index in [1.54, 1.807) is 0 Å². The van der Waals surface area contributed by atoms with Gasteiger partial charge in [0.1, 0.15) is 4.90 Å². The van der Waals surface area contributed by atoms with E-state index in [2.05, 4.69) is 4.98 Å². The lowest BCUT2D eigenvalue weighted by Crippen LogP contribution is -2.43. The number of aromatic nitrogens is 1. The lowest BCUT2D eigenvalue weighted by atomic mass is 10.3. The Bertz CT molecular complexity index is 713. The third-order valence-electron chi connectivity index (χ3n) is 4.04. The number of amides is 1. The number of nitrogens with zero attached hydrogens (tertiary/aromatic N) is 4. The second-order valence-electron chi connectivity index (χ2n) is 6.08. The standard InChI is InChI=1S/C15H21F3N4O3S/c1-20(26(24,25)13-4-2-5-19-10-13)11-14(23)22-7-3-6-21(8-9-22)12-15(16,17)18/h2,4-5,10H,3,6-9,11-12H2,1H3. The first-order valence-corrected chi connectivity index (χ1v) is 9.47. The zero-order chi connectivity index (χ0) is 19.4. The van der Waals surface area contributed by atoms with E-state index in [1.807, 2.05) is 0 Å². The van der Waals surface area contributed by atoms with Crippen molar-refractivity contribution in [1.82, 2.24) is 19.1 Å². The summed E-state index contributed by atoms with van der Waals surface area (Å²) in [4.78, 5) is 18.8. The second kappa shape index (κ2) is 8.31. The van der Waals surface area contributed by atoms with Gasteiger partial charge in [-0.2, -0.15) is 17.5 Å². The Morgan fingerprint density at radius 2 is 2.00 bits per heavy atom. The first kappa shape index (κ1) is 20.6. The molecule has 1 aromatic heterocycles. The van der Waals surface area contributed by atoms with Crippen LogP contribution in [-0.2, 0) is 14.8 Å². The van der Waals surface area contributed by atoms with E-state index in [0.717, 1.165) is 4.31 Å². The molecule has 7 nitrogen and oxygen atoms in total. The quantitative estimate of drug-likeness (QED) is 0.739. The SMILES string of the molecule is CN(CC(=O)N1CCCN(CC(F)(F)F)CC1)S(=O)(=O)c1cccnc1. The number of sulfonamides is 1. The van der Waals surface area contributed by atoms with Crippen LogP contribution in [0.25, 0.3) is 0 Å². The van der Waals surface area contributed by atoms with Gasteiger partial charge < -0.3 is 4.90 Å². The normalized spacial score (nSPS) is 17.3. The van der Waals surface area contributed by atoms with Crippen LogP contribution in [0.3, 0.4) is 0 Å². The number of rotatable bonds is 5. The van der Waals surface area contributed by atoms with E-state index in [1.165, 1.54) is 41.4 Å². The van der Waals surface area contributed by atoms with Crippen LogP contribution >= 0.6 is 0 Å². The topological polar surface area (TPSA) is 73.8 Å². The molecule has 11 heteroatoms. The van der Waals surface area contributed by atoms with Crippen molar-refractivity contribution in [1.29, 1.82) is 0 Å². The molecule has 0 unspecified atom stereocenters. The highest BCUT2D eigenvalue weighted by Crippen LogP contribution is 2.18. The fraction of sp³-hybridized carbons (Fsp3) is 0.600. The average Bonchev–Trinajstić information content (AvgIpc) is 2.79. The molecule has 1 aliphatic rings. The molecule has 1 aliphatic heterocycles. The summed E-state index contributed by atoms with van der Waals surface area (Å²) in [7, 11) is -2.57. The summed E-state index contributed by atoms with van der Waals surface area (Å²) in [6.45, 7) is -0.609. The molecular formula is C15H21F3N4O3S. The van der Waals surface area contributed by atoms with Gasteiger partial charge in [-0.3, -0.25) is 14.7 Å². The Hall–Kier alpha value is -1.72. The maximum Gasteiger partial charge on any atom is 0.401 e. The van der Waals surface area contributed by atoms with Gasteiger partial charge in [-0.15, -0.1) is 0 Å². The Labute approximate surface area is 150 Å². The Balaban J connectivity index is 1.95. The van der Waals surface area contributed by atoms with E-state index >= 15 is 0 Å². The lowest BCUT2D eigenvalue weighted by Gasteiger charge is -2.24. The van der Waals surface area contributed by atoms with Crippen molar-refractivity contribution in [3.05, 3.63) is 24.5 Å². The van der Waals surface area contributed by atoms with Gasteiger partial charge in [-0.05, 0) is 18.6 Å². The molecular weight excluding hydrogens is 373 g/mol. The molecule has 0 N–H and O–H groups in total. The van der Waals surface area contributed by atoms with E-state index in [-0.39, 0.29) is 31.1 Å². The minimum atomic E-state index is -4.28. The van der Waals surface area contributed by atoms with Crippen LogP contribution in [0.15, 0.2) is 29.4 Å². The predicted molar refractivity (Wildman–Crippen MR) is 87.7 cm³/mol. The summed E-state index contributed by atoms with van der Waals surface area (Å²) in [5.41, 5.74) is 0. The number of halogens is 3. The first-order chi connectivity index (χ1) is 12.1. The number of carbonyl (C=O) groups excluding carboxylic acids is 1. The van der Waals surface area contributed by atoms with E-state index < -0.39 is 28.7 Å². The van der Waals surface area contributed by atoms with E-state index in [4.69, 9.17) is 0 Å². The van der Waals surface area contributed by atoms with Gasteiger partial charge in [0.25, 0.3) is 0 Å². The third kappa shape index (κ3) is 5.64. The Morgan fingerprint density at radius 3 is 2.62 bits per heavy atom. The third-order valence-corrected chi connectivity index (χ3v) is 5.83. The van der Waals surface area contributed by atoms with Crippen molar-refractivity contribution in [3.8, 4) is 0 Å². The maximum absolute atomic E-state index is 12.5. The summed E-state index contributed by atoms with van der Waals surface area (Å²) in [5, 5.41) is 0. The summed E-state index contributed by atoms with van der Waals surface area (Å²) in [6, 6.07) is 2.86. The molecule has 0 aromatic carbocycles. The van der Waals surface area contributed by atoms with Crippen LogP contribution in [0.5, 0.6) is 0 Å². The van der Waals surface area contributed by atoms with Crippen molar-refractivity contribution in [2.24, 2.45) is 0 Å². The minimum Gasteiger partial charge on any atom is -0.340 e. The number of alkyl halides is 3. The Morgan fingerprint density at radius 1 is 1.27 bits per heavy atom. The van der Waals surface area contributed by atoms with Crippen LogP contribution in [0, 0.1) is 0 Å². The van der Waals surface area contributed by atoms with Crippen LogP contribution in [-0.4, -0.2) is 85.9 Å². The molecule has 0 atom stereocenters. The lowest BCUT2D eigenvalue weighted by molar-refractivity contribution is -0.145. The summed E-state index contributed by atoms with van der Waals surface area (Å²) < 4.78 is 63.2. The summed E-state index contributed by atoms with van der Waals surface area (Å²) in [6.07, 6.45) is -1.25. The van der Waals surface area contributed by atoms with Crippen LogP contribution < -0.4 is 0 Å². The van der Waals surface area contributed by atoms with Crippen LogP contribution in [0.2, 0.25) is 0 Å². The number of carbonyl (C=O) groups is 1. The fourth-order valence-corrected chi connectivity index (χ4v) is 3.77. The smallest absolute Gasteiger partial charge is 0.340 e. The molecule has 2 rings (SSSR count). The minimum absolute atomic E-state index is 0.0254. The highest BCUT2D eigenvalue weighted by molar-refractivity contribution is 7.89. The second-order valence-corrected chi connectivity index (χ2v) is 8.12. The molecule has 0 radical (unpaired) electrons. The molecule has 1 fully saturated rings. The molecule has 1 aromatic rings. The van der Waals surface area contributed by atoms with Gasteiger partial charge in [0.2, 0.25) is 15.9 Å². The van der Waals surface area contributed by atoms with Gasteiger partial charge in [-0.1, -0.05) is 0 Å². The number of hydrogen-bond donors (Lipinski definition) is 0. The molecule has 1 amide bonds. The van der Waals surface area contributed by atoms with Gasteiger partial charge in [0, 0.05) is 45.6 Å². The van der Waals surface area contributed by atoms with Crippen LogP contribution in [0.1, 0.15) is 6.42 Å². The van der Waals surface area contributed by atoms with Gasteiger partial charge in [-0.25, -0.2) is 8.42 Å². The highest BCUT2D eigenvalue weighted by atomic mass is 32.2. The molecule has 1 saturated heterocycles. The maximum atomic E-state index is 12.5. The Kier molecular flexibility index (Phi) is 6.58. The van der Waals surface area contributed by atoms with Crippen molar-refractivity contribution in [2.75, 3.05) is 46.3 Å². The number of likely N-dealkylation sites (N-methyl/N-ethyl adjacent to an activating group) is 1. The van der Waals surface area contributed by atoms with Crippen LogP contribution in [0.4, 0.5) is 13.2 Å². The molecule has 0 aliphatic carbocycles. The summed E-state index contributed by atoms with van der Waals surface area (Å²) >= 11 is 0. The number of hydrogen-bond acceptors (Lipinski definition) is 5. The molecule has 0 saturated carbocycles. The largest absolute Gasteiger partial charge is 0.401 e. The van der Waals surface area contributed by atoms with Crippen molar-refractivity contribution >= 4 is 15.9 Å². The number of pyridine rings is 1. The highest BCUT2D eigenvalue weighted by Gasteiger charge is 2.32. The molecule has 0 bridgehead atoms. The predicted octanol–water partition coefficient (Wildman–Crippen LogP) is 0.799. The van der Waals surface area contributed by atoms with E-state index in [0.29, 0.717) is 13.0 Å². The molecule has 146 valence electrons. The zero-order valence-electron chi connectivity index (χ0n) is 14.3. The zero-order valence-corrected chi connectivity index (χ0v) is 15.1. The average molecular weight is 394 g/mol.